The molecule has 26 heavy (non-hydrogen) atoms. The lowest BCUT2D eigenvalue weighted by Crippen LogP contribution is -2.42. The molecule has 1 amide bonds. The first-order chi connectivity index (χ1) is 12.2. The van der Waals surface area contributed by atoms with E-state index in [4.69, 9.17) is 14.6 Å². The number of rotatable bonds is 6. The Hall–Kier alpha value is -2.13. The molecule has 8 nitrogen and oxygen atoms in total. The van der Waals surface area contributed by atoms with Crippen molar-refractivity contribution < 1.29 is 27.5 Å². The molecular formula is C17H24N2O6S. The number of esters is 1. The lowest BCUT2D eigenvalue weighted by atomic mass is 9.95. The molecule has 1 aromatic rings. The Morgan fingerprint density at radius 3 is 2.46 bits per heavy atom. The quantitative estimate of drug-likeness (QED) is 0.713. The molecule has 1 atom stereocenters. The predicted octanol–water partition coefficient (Wildman–Crippen LogP) is 1.34. The average Bonchev–Trinajstić information content (AvgIpc) is 2.61. The molecule has 0 unspecified atom stereocenters. The van der Waals surface area contributed by atoms with Gasteiger partial charge in [-0.3, -0.25) is 4.79 Å². The zero-order valence-corrected chi connectivity index (χ0v) is 15.7. The van der Waals surface area contributed by atoms with Crippen molar-refractivity contribution >= 4 is 21.9 Å². The number of hydrogen-bond donors (Lipinski definition) is 2. The van der Waals surface area contributed by atoms with Crippen LogP contribution in [-0.4, -0.2) is 39.5 Å². The fourth-order valence-electron chi connectivity index (χ4n) is 2.87. The molecule has 0 aromatic heterocycles. The molecule has 0 saturated heterocycles. The summed E-state index contributed by atoms with van der Waals surface area (Å²) in [5, 5.41) is 7.96. The van der Waals surface area contributed by atoms with Crippen LogP contribution < -0.4 is 15.2 Å². The van der Waals surface area contributed by atoms with Crippen LogP contribution in [0.15, 0.2) is 23.1 Å². The number of sulfonamides is 1. The summed E-state index contributed by atoms with van der Waals surface area (Å²) < 4.78 is 33.2. The number of nitrogens with two attached hydrogens (primary N) is 1. The van der Waals surface area contributed by atoms with Crippen molar-refractivity contribution in [3.05, 3.63) is 23.8 Å². The van der Waals surface area contributed by atoms with Crippen LogP contribution in [-0.2, 0) is 19.6 Å². The van der Waals surface area contributed by atoms with Crippen molar-refractivity contribution in [3.63, 3.8) is 0 Å². The highest BCUT2D eigenvalue weighted by Crippen LogP contribution is 2.23. The Bertz CT molecular complexity index is 771. The Labute approximate surface area is 153 Å². The van der Waals surface area contributed by atoms with Gasteiger partial charge in [0.15, 0.2) is 6.10 Å². The van der Waals surface area contributed by atoms with Gasteiger partial charge in [0.25, 0.3) is 5.91 Å². The number of hydrogen-bond acceptors (Lipinski definition) is 6. The third-order valence-corrected chi connectivity index (χ3v) is 5.23. The van der Waals surface area contributed by atoms with Crippen molar-refractivity contribution in [3.8, 4) is 5.75 Å². The lowest BCUT2D eigenvalue weighted by Gasteiger charge is -2.24. The smallest absolute Gasteiger partial charge is 0.342 e. The molecule has 1 fully saturated rings. The molecule has 0 radical (unpaired) electrons. The van der Waals surface area contributed by atoms with E-state index in [1.54, 1.807) is 0 Å². The maximum atomic E-state index is 12.4. The third kappa shape index (κ3) is 5.18. The molecule has 0 aliphatic heterocycles. The van der Waals surface area contributed by atoms with Gasteiger partial charge in [-0.2, -0.15) is 0 Å². The lowest BCUT2D eigenvalue weighted by molar-refractivity contribution is -0.130. The summed E-state index contributed by atoms with van der Waals surface area (Å²) in [6.45, 7) is 1.46. The van der Waals surface area contributed by atoms with Crippen molar-refractivity contribution in [1.82, 2.24) is 5.32 Å². The summed E-state index contributed by atoms with van der Waals surface area (Å²) in [5.41, 5.74) is -0.114. The average molecular weight is 384 g/mol. The van der Waals surface area contributed by atoms with Crippen LogP contribution in [0.5, 0.6) is 5.75 Å². The molecule has 9 heteroatoms. The second-order valence-electron chi connectivity index (χ2n) is 6.30. The Kier molecular flexibility index (Phi) is 6.60. The normalized spacial score (nSPS) is 16.6. The van der Waals surface area contributed by atoms with Crippen molar-refractivity contribution in [1.29, 1.82) is 0 Å². The van der Waals surface area contributed by atoms with E-state index in [0.29, 0.717) is 0 Å². The molecular weight excluding hydrogens is 360 g/mol. The number of ether oxygens (including phenoxy) is 2. The third-order valence-electron chi connectivity index (χ3n) is 4.32. The predicted molar refractivity (Wildman–Crippen MR) is 94.3 cm³/mol. The second-order valence-corrected chi connectivity index (χ2v) is 7.86. The molecule has 2 rings (SSSR count). The van der Waals surface area contributed by atoms with Gasteiger partial charge in [-0.05, 0) is 38.0 Å². The van der Waals surface area contributed by atoms with Crippen LogP contribution >= 0.6 is 0 Å². The van der Waals surface area contributed by atoms with E-state index in [1.165, 1.54) is 26.2 Å². The summed E-state index contributed by atoms with van der Waals surface area (Å²) >= 11 is 0. The molecule has 0 spiro atoms. The van der Waals surface area contributed by atoms with Gasteiger partial charge in [0.05, 0.1) is 12.0 Å². The molecule has 1 saturated carbocycles. The first-order valence-electron chi connectivity index (χ1n) is 8.44. The number of benzene rings is 1. The minimum absolute atomic E-state index is 0.0950. The summed E-state index contributed by atoms with van der Waals surface area (Å²) in [5.74, 6) is -1.12. The van der Waals surface area contributed by atoms with Crippen LogP contribution in [0.3, 0.4) is 0 Å². The van der Waals surface area contributed by atoms with Crippen LogP contribution in [0.2, 0.25) is 0 Å². The number of nitrogens with one attached hydrogen (secondary N) is 1. The number of amides is 1. The van der Waals surface area contributed by atoms with E-state index in [0.717, 1.165) is 38.2 Å². The second kappa shape index (κ2) is 8.50. The van der Waals surface area contributed by atoms with E-state index in [2.05, 4.69) is 5.32 Å². The van der Waals surface area contributed by atoms with Crippen molar-refractivity contribution in [2.45, 2.75) is 56.1 Å². The maximum Gasteiger partial charge on any atom is 0.342 e. The van der Waals surface area contributed by atoms with Crippen molar-refractivity contribution in [2.24, 2.45) is 5.14 Å². The minimum atomic E-state index is -3.99. The first-order valence-corrected chi connectivity index (χ1v) is 9.99. The van der Waals surface area contributed by atoms with Crippen LogP contribution in [0, 0.1) is 0 Å². The van der Waals surface area contributed by atoms with E-state index in [1.807, 2.05) is 0 Å². The van der Waals surface area contributed by atoms with Gasteiger partial charge in [0.2, 0.25) is 10.0 Å². The molecule has 1 aromatic carbocycles. The molecule has 144 valence electrons. The SMILES string of the molecule is COc1ccc(S(N)(=O)=O)cc1C(=O)O[C@H](C)C(=O)NC1CCCCC1. The minimum Gasteiger partial charge on any atom is -0.496 e. The highest BCUT2D eigenvalue weighted by Gasteiger charge is 2.25. The number of primary sulfonamides is 1. The molecule has 0 bridgehead atoms. The highest BCUT2D eigenvalue weighted by atomic mass is 32.2. The first kappa shape index (κ1) is 20.2. The van der Waals surface area contributed by atoms with Gasteiger partial charge in [0.1, 0.15) is 11.3 Å². The number of carbonyl (C=O) groups excluding carboxylic acids is 2. The van der Waals surface area contributed by atoms with E-state index < -0.39 is 22.1 Å². The summed E-state index contributed by atoms with van der Waals surface area (Å²) in [6, 6.07) is 3.70. The summed E-state index contributed by atoms with van der Waals surface area (Å²) in [4.78, 5) is 24.4. The van der Waals surface area contributed by atoms with E-state index >= 15 is 0 Å². The largest absolute Gasteiger partial charge is 0.496 e. The number of carbonyl (C=O) groups is 2. The van der Waals surface area contributed by atoms with Crippen molar-refractivity contribution in [2.75, 3.05) is 7.11 Å². The molecule has 0 heterocycles. The van der Waals surface area contributed by atoms with Crippen LogP contribution in [0.25, 0.3) is 0 Å². The van der Waals surface area contributed by atoms with Gasteiger partial charge >= 0.3 is 5.97 Å². The van der Waals surface area contributed by atoms with Gasteiger partial charge in [0, 0.05) is 6.04 Å². The summed E-state index contributed by atoms with van der Waals surface area (Å²) in [7, 11) is -2.66. The van der Waals surface area contributed by atoms with E-state index in [9.17, 15) is 18.0 Å². The fourth-order valence-corrected chi connectivity index (χ4v) is 3.41. The molecule has 3 N–H and O–H groups in total. The molecule has 1 aliphatic carbocycles. The van der Waals surface area contributed by atoms with Gasteiger partial charge < -0.3 is 14.8 Å². The van der Waals surface area contributed by atoms with E-state index in [-0.39, 0.29) is 28.2 Å². The monoisotopic (exact) mass is 384 g/mol. The zero-order valence-electron chi connectivity index (χ0n) is 14.9. The van der Waals surface area contributed by atoms with Crippen LogP contribution in [0.4, 0.5) is 0 Å². The Morgan fingerprint density at radius 1 is 1.23 bits per heavy atom. The Balaban J connectivity index is 2.09. The van der Waals surface area contributed by atoms with Gasteiger partial charge in [-0.15, -0.1) is 0 Å². The standard InChI is InChI=1S/C17H24N2O6S/c1-11(16(20)19-12-6-4-3-5-7-12)25-17(21)14-10-13(26(18,22)23)8-9-15(14)24-2/h8-12H,3-7H2,1-2H3,(H,19,20)(H2,18,22,23)/t11-/m1/s1. The topological polar surface area (TPSA) is 125 Å². The van der Waals surface area contributed by atoms with Gasteiger partial charge in [-0.25, -0.2) is 18.4 Å². The molecule has 1 aliphatic rings. The maximum absolute atomic E-state index is 12.4. The fraction of sp³-hybridized carbons (Fsp3) is 0.529. The van der Waals surface area contributed by atoms with Gasteiger partial charge in [-0.1, -0.05) is 19.3 Å². The van der Waals surface area contributed by atoms with Crippen LogP contribution in [0.1, 0.15) is 49.4 Å². The summed E-state index contributed by atoms with van der Waals surface area (Å²) in [6.07, 6.45) is 4.10. The Morgan fingerprint density at radius 2 is 1.88 bits per heavy atom. The highest BCUT2D eigenvalue weighted by molar-refractivity contribution is 7.89. The zero-order chi connectivity index (χ0) is 19.3. The number of methoxy groups -OCH3 is 1.